The van der Waals surface area contributed by atoms with Gasteiger partial charge in [-0.25, -0.2) is 17.6 Å². The summed E-state index contributed by atoms with van der Waals surface area (Å²) in [7, 11) is 2.13. The van der Waals surface area contributed by atoms with Gasteiger partial charge in [-0.15, -0.1) is 0 Å². The molecular formula is C28H35F4N3O. The number of phenolic OH excluding ortho intramolecular Hbond substituents is 1. The molecule has 5 rings (SSSR count). The summed E-state index contributed by atoms with van der Waals surface area (Å²) in [6, 6.07) is 5.92. The van der Waals surface area contributed by atoms with E-state index in [1.54, 1.807) is 19.1 Å². The fraction of sp³-hybridized carbons (Fsp3) is 0.571. The molecule has 1 spiro atoms. The lowest BCUT2D eigenvalue weighted by Gasteiger charge is -2.43. The van der Waals surface area contributed by atoms with Crippen molar-refractivity contribution in [3.8, 4) is 5.75 Å². The average molecular weight is 506 g/mol. The number of benzene rings is 2. The summed E-state index contributed by atoms with van der Waals surface area (Å²) >= 11 is 0. The molecule has 3 aliphatic rings. The van der Waals surface area contributed by atoms with Crippen molar-refractivity contribution in [1.82, 2.24) is 9.80 Å². The number of halogens is 4. The molecule has 0 saturated carbocycles. The Balaban J connectivity index is 1.48. The van der Waals surface area contributed by atoms with E-state index in [9.17, 15) is 13.9 Å². The van der Waals surface area contributed by atoms with Gasteiger partial charge in [-0.2, -0.15) is 0 Å². The maximum absolute atomic E-state index is 15.8. The molecule has 4 nitrogen and oxygen atoms in total. The summed E-state index contributed by atoms with van der Waals surface area (Å²) in [5.74, 6) is -4.45. The van der Waals surface area contributed by atoms with Crippen LogP contribution in [0.5, 0.6) is 5.75 Å². The van der Waals surface area contributed by atoms with Gasteiger partial charge in [0.2, 0.25) is 0 Å². The molecule has 36 heavy (non-hydrogen) atoms. The highest BCUT2D eigenvalue weighted by Gasteiger charge is 2.42. The lowest BCUT2D eigenvalue weighted by molar-refractivity contribution is -0.0371. The molecule has 1 N–H and O–H groups in total. The topological polar surface area (TPSA) is 30.0 Å². The minimum atomic E-state index is -3.04. The smallest absolute Gasteiger partial charge is 0.257 e. The molecule has 0 unspecified atom stereocenters. The zero-order valence-corrected chi connectivity index (χ0v) is 21.2. The summed E-state index contributed by atoms with van der Waals surface area (Å²) in [5.41, 5.74) is 1.84. The van der Waals surface area contributed by atoms with Gasteiger partial charge in [0.25, 0.3) is 5.92 Å². The molecule has 0 aromatic heterocycles. The van der Waals surface area contributed by atoms with Crippen LogP contribution in [-0.4, -0.2) is 66.6 Å². The van der Waals surface area contributed by atoms with Crippen molar-refractivity contribution in [2.75, 3.05) is 44.7 Å². The first-order chi connectivity index (χ1) is 16.9. The molecule has 2 atom stereocenters. The van der Waals surface area contributed by atoms with Gasteiger partial charge in [-0.05, 0) is 87.0 Å². The van der Waals surface area contributed by atoms with E-state index in [0.717, 1.165) is 52.4 Å². The van der Waals surface area contributed by atoms with Crippen molar-refractivity contribution in [2.24, 2.45) is 5.41 Å². The largest absolute Gasteiger partial charge is 0.508 e. The standard InChI is InChI=1S/C28H35F4N3O/c1-18-12-19-13-21(36)4-5-22(19)26(35(18)16-27(2,31)32)25-23(29)14-20(15-24(25)30)34-10-7-28(8-11-34)6-9-33(3)17-28/h4-5,13-15,18,26,36H,6-12,16-17H2,1-3H3/t18-,26+/m1/s1. The van der Waals surface area contributed by atoms with Gasteiger partial charge in [0.1, 0.15) is 17.4 Å². The predicted octanol–water partition coefficient (Wildman–Crippen LogP) is 5.58. The maximum Gasteiger partial charge on any atom is 0.257 e. The Bertz CT molecular complexity index is 1100. The van der Waals surface area contributed by atoms with Gasteiger partial charge in [0.15, 0.2) is 0 Å². The molecule has 2 aromatic rings. The number of anilines is 1. The van der Waals surface area contributed by atoms with E-state index in [4.69, 9.17) is 0 Å². The quantitative estimate of drug-likeness (QED) is 0.550. The minimum Gasteiger partial charge on any atom is -0.508 e. The second-order valence-corrected chi connectivity index (χ2v) is 11.4. The van der Waals surface area contributed by atoms with Gasteiger partial charge in [0.05, 0.1) is 12.6 Å². The number of fused-ring (bicyclic) bond motifs is 1. The van der Waals surface area contributed by atoms with Gasteiger partial charge in [-0.1, -0.05) is 6.07 Å². The van der Waals surface area contributed by atoms with Crippen LogP contribution in [0.2, 0.25) is 0 Å². The van der Waals surface area contributed by atoms with Crippen molar-refractivity contribution in [3.05, 3.63) is 58.7 Å². The molecule has 0 aliphatic carbocycles. The first kappa shape index (κ1) is 25.3. The molecular weight excluding hydrogens is 470 g/mol. The third-order valence-electron chi connectivity index (χ3n) is 8.45. The summed E-state index contributed by atoms with van der Waals surface area (Å²) in [6.07, 6.45) is 3.53. The summed E-state index contributed by atoms with van der Waals surface area (Å²) in [5, 5.41) is 9.97. The van der Waals surface area contributed by atoms with Crippen LogP contribution in [0.3, 0.4) is 0 Å². The van der Waals surface area contributed by atoms with Crippen LogP contribution in [0.4, 0.5) is 23.2 Å². The van der Waals surface area contributed by atoms with Crippen LogP contribution in [0, 0.1) is 17.0 Å². The highest BCUT2D eigenvalue weighted by Crippen LogP contribution is 2.44. The molecule has 0 bridgehead atoms. The van der Waals surface area contributed by atoms with Crippen LogP contribution in [0.15, 0.2) is 30.3 Å². The molecule has 2 aromatic carbocycles. The van der Waals surface area contributed by atoms with Crippen LogP contribution >= 0.6 is 0 Å². The molecule has 3 aliphatic heterocycles. The van der Waals surface area contributed by atoms with Crippen LogP contribution < -0.4 is 4.90 Å². The third kappa shape index (κ3) is 4.82. The van der Waals surface area contributed by atoms with Crippen molar-refractivity contribution < 1.29 is 22.7 Å². The second-order valence-electron chi connectivity index (χ2n) is 11.4. The number of phenols is 1. The predicted molar refractivity (Wildman–Crippen MR) is 133 cm³/mol. The number of rotatable bonds is 4. The lowest BCUT2D eigenvalue weighted by Crippen LogP contribution is -2.48. The van der Waals surface area contributed by atoms with Crippen molar-refractivity contribution >= 4 is 5.69 Å². The number of alkyl halides is 2. The summed E-state index contributed by atoms with van der Waals surface area (Å²) in [4.78, 5) is 5.87. The Labute approximate surface area is 210 Å². The van der Waals surface area contributed by atoms with Crippen LogP contribution in [0.25, 0.3) is 0 Å². The maximum atomic E-state index is 15.8. The van der Waals surface area contributed by atoms with Crippen molar-refractivity contribution in [2.45, 2.75) is 57.5 Å². The molecule has 196 valence electrons. The first-order valence-corrected chi connectivity index (χ1v) is 12.8. The Morgan fingerprint density at radius 3 is 2.25 bits per heavy atom. The first-order valence-electron chi connectivity index (χ1n) is 12.8. The van der Waals surface area contributed by atoms with Crippen molar-refractivity contribution in [1.29, 1.82) is 0 Å². The SMILES string of the molecule is C[C@@H]1Cc2cc(O)ccc2[C@@H](c2c(F)cc(N3CCC4(CCN(C)C4)CC3)cc2F)N1CC(C)(F)F. The molecule has 3 heterocycles. The van der Waals surface area contributed by atoms with E-state index in [-0.39, 0.29) is 11.3 Å². The monoisotopic (exact) mass is 505 g/mol. The molecule has 0 amide bonds. The zero-order chi connectivity index (χ0) is 25.8. The van der Waals surface area contributed by atoms with E-state index in [2.05, 4.69) is 11.9 Å². The van der Waals surface area contributed by atoms with Crippen molar-refractivity contribution in [3.63, 3.8) is 0 Å². The number of aromatic hydroxyl groups is 1. The highest BCUT2D eigenvalue weighted by atomic mass is 19.3. The zero-order valence-electron chi connectivity index (χ0n) is 21.2. The number of hydrogen-bond acceptors (Lipinski definition) is 4. The Hall–Kier alpha value is -2.32. The van der Waals surface area contributed by atoms with E-state index in [1.807, 2.05) is 4.90 Å². The number of nitrogens with zero attached hydrogens (tertiary/aromatic N) is 3. The normalized spacial score (nSPS) is 24.9. The van der Waals surface area contributed by atoms with Gasteiger partial charge < -0.3 is 14.9 Å². The van der Waals surface area contributed by atoms with E-state index >= 15 is 8.78 Å². The van der Waals surface area contributed by atoms with Crippen LogP contribution in [0.1, 0.15) is 55.8 Å². The van der Waals surface area contributed by atoms with Gasteiger partial charge in [0, 0.05) is 43.9 Å². The number of likely N-dealkylation sites (tertiary alicyclic amines) is 1. The molecule has 2 fully saturated rings. The minimum absolute atomic E-state index is 0.0431. The van der Waals surface area contributed by atoms with E-state index in [1.165, 1.54) is 23.1 Å². The van der Waals surface area contributed by atoms with Gasteiger partial charge in [-0.3, -0.25) is 4.90 Å². The summed E-state index contributed by atoms with van der Waals surface area (Å²) in [6.45, 7) is 5.61. The number of hydrogen-bond donors (Lipinski definition) is 1. The Kier molecular flexibility index (Phi) is 6.48. The summed E-state index contributed by atoms with van der Waals surface area (Å²) < 4.78 is 59.9. The average Bonchev–Trinajstić information content (AvgIpc) is 3.14. The van der Waals surface area contributed by atoms with Crippen LogP contribution in [-0.2, 0) is 6.42 Å². The fourth-order valence-corrected chi connectivity index (χ4v) is 6.61. The second kappa shape index (κ2) is 9.21. The molecule has 0 radical (unpaired) electrons. The third-order valence-corrected chi connectivity index (χ3v) is 8.45. The Morgan fingerprint density at radius 2 is 1.67 bits per heavy atom. The fourth-order valence-electron chi connectivity index (χ4n) is 6.61. The van der Waals surface area contributed by atoms with E-state index in [0.29, 0.717) is 28.7 Å². The molecule has 8 heteroatoms. The Morgan fingerprint density at radius 1 is 1.03 bits per heavy atom. The van der Waals surface area contributed by atoms with Gasteiger partial charge >= 0.3 is 0 Å². The number of piperidine rings is 1. The van der Waals surface area contributed by atoms with E-state index < -0.39 is 36.2 Å². The molecule has 2 saturated heterocycles. The highest BCUT2D eigenvalue weighted by molar-refractivity contribution is 5.52. The lowest BCUT2D eigenvalue weighted by atomic mass is 9.77.